The topological polar surface area (TPSA) is 99.9 Å². The summed E-state index contributed by atoms with van der Waals surface area (Å²) in [6, 6.07) is 5.08. The van der Waals surface area contributed by atoms with Crippen molar-refractivity contribution in [2.75, 3.05) is 6.54 Å². The fraction of sp³-hybridized carbons (Fsp3) is 0.429. The van der Waals surface area contributed by atoms with Crippen LogP contribution in [0.3, 0.4) is 0 Å². The van der Waals surface area contributed by atoms with E-state index < -0.39 is 0 Å². The van der Waals surface area contributed by atoms with Gasteiger partial charge in [-0.3, -0.25) is 10.1 Å². The molecule has 1 aromatic heterocycles. The molecule has 0 fully saturated rings. The van der Waals surface area contributed by atoms with Crippen molar-refractivity contribution in [3.8, 4) is 0 Å². The van der Waals surface area contributed by atoms with Crippen molar-refractivity contribution in [1.82, 2.24) is 15.0 Å². The largest absolute Gasteiger partial charge is 0.330 e. The van der Waals surface area contributed by atoms with Gasteiger partial charge in [0.15, 0.2) is 0 Å². The monoisotopic (exact) mass is 289 g/mol. The van der Waals surface area contributed by atoms with E-state index in [-0.39, 0.29) is 10.6 Å². The summed E-state index contributed by atoms with van der Waals surface area (Å²) < 4.78 is 1.71. The molecular weight excluding hydrogens is 270 g/mol. The SMILES string of the molecule is Cc1c(Cn2cc(CCCCN)nn2)cccc1[N+](=O)[O-]. The number of unbranched alkanes of at least 4 members (excludes halogenated alkanes) is 1. The van der Waals surface area contributed by atoms with Gasteiger partial charge in [0.2, 0.25) is 0 Å². The second kappa shape index (κ2) is 6.94. The summed E-state index contributed by atoms with van der Waals surface area (Å²) in [6.45, 7) is 2.92. The van der Waals surface area contributed by atoms with Crippen LogP contribution in [0.15, 0.2) is 24.4 Å². The fourth-order valence-corrected chi connectivity index (χ4v) is 2.19. The number of nitro benzene ring substituents is 1. The van der Waals surface area contributed by atoms with Crippen molar-refractivity contribution < 1.29 is 4.92 Å². The number of nitro groups is 1. The van der Waals surface area contributed by atoms with E-state index in [9.17, 15) is 10.1 Å². The van der Waals surface area contributed by atoms with Crippen molar-refractivity contribution in [2.24, 2.45) is 5.73 Å². The number of aromatic nitrogens is 3. The Morgan fingerprint density at radius 1 is 1.38 bits per heavy atom. The van der Waals surface area contributed by atoms with E-state index >= 15 is 0 Å². The average Bonchev–Trinajstić information content (AvgIpc) is 2.89. The molecule has 2 rings (SSSR count). The highest BCUT2D eigenvalue weighted by atomic mass is 16.6. The summed E-state index contributed by atoms with van der Waals surface area (Å²) in [6.07, 6.45) is 4.70. The normalized spacial score (nSPS) is 10.8. The van der Waals surface area contributed by atoms with E-state index in [4.69, 9.17) is 5.73 Å². The van der Waals surface area contributed by atoms with Crippen molar-refractivity contribution in [2.45, 2.75) is 32.7 Å². The molecule has 1 aromatic carbocycles. The molecule has 0 amide bonds. The Morgan fingerprint density at radius 2 is 2.19 bits per heavy atom. The second-order valence-corrected chi connectivity index (χ2v) is 4.97. The van der Waals surface area contributed by atoms with Crippen molar-refractivity contribution in [1.29, 1.82) is 0 Å². The van der Waals surface area contributed by atoms with Gasteiger partial charge in [-0.2, -0.15) is 0 Å². The number of hydrogen-bond donors (Lipinski definition) is 1. The lowest BCUT2D eigenvalue weighted by Crippen LogP contribution is -2.04. The Morgan fingerprint density at radius 3 is 2.90 bits per heavy atom. The van der Waals surface area contributed by atoms with Crippen LogP contribution in [0.4, 0.5) is 5.69 Å². The molecule has 0 unspecified atom stereocenters. The predicted molar refractivity (Wildman–Crippen MR) is 78.9 cm³/mol. The molecule has 2 aromatic rings. The minimum Gasteiger partial charge on any atom is -0.330 e. The van der Waals surface area contributed by atoms with E-state index in [1.54, 1.807) is 17.7 Å². The molecular formula is C14H19N5O2. The van der Waals surface area contributed by atoms with Gasteiger partial charge in [-0.05, 0) is 38.3 Å². The van der Waals surface area contributed by atoms with E-state index in [1.165, 1.54) is 6.07 Å². The third-order valence-electron chi connectivity index (χ3n) is 3.42. The molecule has 112 valence electrons. The number of benzene rings is 1. The molecule has 0 aliphatic carbocycles. The smallest absolute Gasteiger partial charge is 0.272 e. The molecule has 2 N–H and O–H groups in total. The molecule has 0 aliphatic heterocycles. The lowest BCUT2D eigenvalue weighted by atomic mass is 10.1. The maximum absolute atomic E-state index is 10.9. The summed E-state index contributed by atoms with van der Waals surface area (Å²) in [5.74, 6) is 0. The van der Waals surface area contributed by atoms with Crippen LogP contribution >= 0.6 is 0 Å². The highest BCUT2D eigenvalue weighted by molar-refractivity contribution is 5.44. The Hall–Kier alpha value is -2.28. The van der Waals surface area contributed by atoms with Gasteiger partial charge in [0.25, 0.3) is 5.69 Å². The lowest BCUT2D eigenvalue weighted by molar-refractivity contribution is -0.385. The molecule has 21 heavy (non-hydrogen) atoms. The summed E-state index contributed by atoms with van der Waals surface area (Å²) in [4.78, 5) is 10.6. The average molecular weight is 289 g/mol. The van der Waals surface area contributed by atoms with Gasteiger partial charge < -0.3 is 5.73 Å². The first kappa shape index (κ1) is 15.1. The molecule has 0 spiro atoms. The minimum absolute atomic E-state index is 0.135. The van der Waals surface area contributed by atoms with Crippen LogP contribution in [0.5, 0.6) is 0 Å². The highest BCUT2D eigenvalue weighted by Gasteiger charge is 2.13. The van der Waals surface area contributed by atoms with Crippen LogP contribution in [0, 0.1) is 17.0 Å². The van der Waals surface area contributed by atoms with E-state index in [0.717, 1.165) is 30.5 Å². The zero-order valence-corrected chi connectivity index (χ0v) is 12.0. The molecule has 7 nitrogen and oxygen atoms in total. The lowest BCUT2D eigenvalue weighted by Gasteiger charge is -2.05. The van der Waals surface area contributed by atoms with Crippen molar-refractivity contribution in [3.05, 3.63) is 51.3 Å². The van der Waals surface area contributed by atoms with Crippen molar-refractivity contribution >= 4 is 5.69 Å². The first-order valence-electron chi connectivity index (χ1n) is 6.93. The number of hydrogen-bond acceptors (Lipinski definition) is 5. The summed E-state index contributed by atoms with van der Waals surface area (Å²) in [5.41, 5.74) is 8.06. The Kier molecular flexibility index (Phi) is 4.99. The molecule has 0 saturated carbocycles. The van der Waals surface area contributed by atoms with Crippen molar-refractivity contribution in [3.63, 3.8) is 0 Å². The first-order valence-corrected chi connectivity index (χ1v) is 6.93. The van der Waals surface area contributed by atoms with E-state index in [1.807, 2.05) is 12.3 Å². The third-order valence-corrected chi connectivity index (χ3v) is 3.42. The molecule has 0 saturated heterocycles. The summed E-state index contributed by atoms with van der Waals surface area (Å²) >= 11 is 0. The highest BCUT2D eigenvalue weighted by Crippen LogP contribution is 2.21. The van der Waals surface area contributed by atoms with Crippen LogP contribution < -0.4 is 5.73 Å². The molecule has 0 bridgehead atoms. The van der Waals surface area contributed by atoms with Gasteiger partial charge in [-0.25, -0.2) is 4.68 Å². The van der Waals surface area contributed by atoms with Crippen LogP contribution in [-0.2, 0) is 13.0 Å². The zero-order valence-electron chi connectivity index (χ0n) is 12.0. The predicted octanol–water partition coefficient (Wildman–Crippen LogP) is 1.82. The van der Waals surface area contributed by atoms with Gasteiger partial charge in [0, 0.05) is 17.8 Å². The van der Waals surface area contributed by atoms with Gasteiger partial charge in [-0.1, -0.05) is 17.3 Å². The Bertz CT molecular complexity index is 624. The van der Waals surface area contributed by atoms with Crippen LogP contribution in [0.2, 0.25) is 0 Å². The van der Waals surface area contributed by atoms with Gasteiger partial charge in [-0.15, -0.1) is 5.10 Å². The molecule has 0 aliphatic rings. The number of nitrogens with zero attached hydrogens (tertiary/aromatic N) is 4. The van der Waals surface area contributed by atoms with Gasteiger partial charge >= 0.3 is 0 Å². The number of aryl methyl sites for hydroxylation is 1. The fourth-order valence-electron chi connectivity index (χ4n) is 2.19. The van der Waals surface area contributed by atoms with E-state index in [2.05, 4.69) is 10.3 Å². The maximum atomic E-state index is 10.9. The van der Waals surface area contributed by atoms with Crippen LogP contribution in [0.1, 0.15) is 29.7 Å². The van der Waals surface area contributed by atoms with E-state index in [0.29, 0.717) is 18.7 Å². The van der Waals surface area contributed by atoms with Gasteiger partial charge in [0.05, 0.1) is 17.2 Å². The quantitative estimate of drug-likeness (QED) is 0.476. The maximum Gasteiger partial charge on any atom is 0.272 e. The Labute approximate surface area is 122 Å². The molecule has 0 radical (unpaired) electrons. The minimum atomic E-state index is -0.363. The number of rotatable bonds is 7. The Balaban J connectivity index is 2.08. The molecule has 0 atom stereocenters. The first-order chi connectivity index (χ1) is 10.1. The summed E-state index contributed by atoms with van der Waals surface area (Å²) in [7, 11) is 0. The zero-order chi connectivity index (χ0) is 15.2. The standard InChI is InChI=1S/C14H19N5O2/c1-11-12(5-4-7-14(11)19(20)21)9-18-10-13(16-17-18)6-2-3-8-15/h4-5,7,10H,2-3,6,8-9,15H2,1H3. The third kappa shape index (κ3) is 3.85. The van der Waals surface area contributed by atoms with Crippen LogP contribution in [-0.4, -0.2) is 26.5 Å². The second-order valence-electron chi connectivity index (χ2n) is 4.97. The summed E-state index contributed by atoms with van der Waals surface area (Å²) in [5, 5.41) is 19.1. The molecule has 1 heterocycles. The molecule has 7 heteroatoms. The number of nitrogens with two attached hydrogens (primary N) is 1. The van der Waals surface area contributed by atoms with Gasteiger partial charge in [0.1, 0.15) is 0 Å². The van der Waals surface area contributed by atoms with Crippen LogP contribution in [0.25, 0.3) is 0 Å².